The first-order chi connectivity index (χ1) is 23.4. The number of amides is 1. The molecular formula is C41H46N2O4S. The van der Waals surface area contributed by atoms with Crippen molar-refractivity contribution in [2.45, 2.75) is 78.4 Å². The Morgan fingerprint density at radius 2 is 1.60 bits per heavy atom. The van der Waals surface area contributed by atoms with E-state index in [0.29, 0.717) is 37.5 Å². The normalized spacial score (nSPS) is 14.7. The summed E-state index contributed by atoms with van der Waals surface area (Å²) in [7, 11) is 0. The third-order valence-corrected chi connectivity index (χ3v) is 9.79. The summed E-state index contributed by atoms with van der Waals surface area (Å²) < 4.78 is 11.2. The van der Waals surface area contributed by atoms with E-state index in [2.05, 4.69) is 41.7 Å². The summed E-state index contributed by atoms with van der Waals surface area (Å²) in [5, 5.41) is 4.23. The van der Waals surface area contributed by atoms with E-state index in [9.17, 15) is 9.59 Å². The monoisotopic (exact) mass is 662 g/mol. The lowest BCUT2D eigenvalue weighted by Gasteiger charge is -2.23. The summed E-state index contributed by atoms with van der Waals surface area (Å²) in [6.07, 6.45) is 10.9. The number of allylic oxidation sites excluding steroid dienone is 2. The Labute approximate surface area is 288 Å². The number of rotatable bonds is 14. The van der Waals surface area contributed by atoms with Crippen LogP contribution in [0.25, 0.3) is 16.5 Å². The molecule has 1 atom stereocenters. The Hall–Kier alpha value is -4.49. The zero-order valence-electron chi connectivity index (χ0n) is 28.2. The first-order valence-electron chi connectivity index (χ1n) is 17.0. The van der Waals surface area contributed by atoms with Gasteiger partial charge in [0.1, 0.15) is 17.4 Å². The first kappa shape index (κ1) is 34.8. The van der Waals surface area contributed by atoms with Crippen LogP contribution in [0.1, 0.15) is 87.2 Å². The number of ether oxygens (including phenoxy) is 2. The second-order valence-electron chi connectivity index (χ2n) is 12.5. The number of hydrogen-bond acceptors (Lipinski definition) is 6. The number of esters is 1. The minimum Gasteiger partial charge on any atom is -0.489 e. The van der Waals surface area contributed by atoms with Crippen LogP contribution in [0.2, 0.25) is 0 Å². The van der Waals surface area contributed by atoms with Crippen LogP contribution in [-0.2, 0) is 27.4 Å². The van der Waals surface area contributed by atoms with E-state index in [1.165, 1.54) is 19.3 Å². The maximum absolute atomic E-state index is 13.5. The standard InChI is InChI=1S/C41H46N2O4S/c1-4-46-41(45)30(3)24-29(2)25-36-39(34-18-12-7-13-19-34)48-40(43-36)37(42-38(44)27-31-14-8-5-9-15-31)26-32-20-22-35(23-21-32)47-28-33-16-10-6-11-17-33/h6-7,10-13,16-25,31,37H,4-5,8-9,14-15,26-28H2,1-3H3,(H,42,44)/b29-25+,30-24-/t37-/m0/s1. The quantitative estimate of drug-likeness (QED) is 0.0827. The van der Waals surface area contributed by atoms with Crippen molar-refractivity contribution < 1.29 is 19.1 Å². The molecule has 250 valence electrons. The number of carbonyl (C=O) groups excluding carboxylic acids is 2. The van der Waals surface area contributed by atoms with E-state index in [0.717, 1.165) is 56.4 Å². The molecule has 0 aliphatic heterocycles. The van der Waals surface area contributed by atoms with Gasteiger partial charge in [-0.2, -0.15) is 0 Å². The van der Waals surface area contributed by atoms with Gasteiger partial charge in [-0.1, -0.05) is 92.1 Å². The van der Waals surface area contributed by atoms with Gasteiger partial charge in [0.2, 0.25) is 5.91 Å². The molecule has 1 aromatic heterocycles. The molecule has 1 amide bonds. The summed E-state index contributed by atoms with van der Waals surface area (Å²) in [4.78, 5) is 32.0. The van der Waals surface area contributed by atoms with Crippen molar-refractivity contribution in [3.05, 3.63) is 124 Å². The molecule has 1 aliphatic rings. The van der Waals surface area contributed by atoms with Gasteiger partial charge in [-0.15, -0.1) is 11.3 Å². The van der Waals surface area contributed by atoms with Crippen LogP contribution in [0.15, 0.2) is 102 Å². The lowest BCUT2D eigenvalue weighted by Crippen LogP contribution is -2.31. The van der Waals surface area contributed by atoms with Gasteiger partial charge in [0, 0.05) is 12.0 Å². The first-order valence-corrected chi connectivity index (χ1v) is 17.8. The molecule has 7 heteroatoms. The summed E-state index contributed by atoms with van der Waals surface area (Å²) in [5.41, 5.74) is 5.49. The van der Waals surface area contributed by atoms with Crippen molar-refractivity contribution in [1.29, 1.82) is 0 Å². The highest BCUT2D eigenvalue weighted by molar-refractivity contribution is 7.15. The Bertz CT molecular complexity index is 1690. The summed E-state index contributed by atoms with van der Waals surface area (Å²) in [6, 6.07) is 28.1. The van der Waals surface area contributed by atoms with Crippen LogP contribution in [-0.4, -0.2) is 23.5 Å². The predicted molar refractivity (Wildman–Crippen MR) is 195 cm³/mol. The highest BCUT2D eigenvalue weighted by atomic mass is 32.1. The zero-order chi connectivity index (χ0) is 33.7. The van der Waals surface area contributed by atoms with Gasteiger partial charge in [0.05, 0.1) is 23.2 Å². The van der Waals surface area contributed by atoms with Crippen LogP contribution < -0.4 is 10.1 Å². The Morgan fingerprint density at radius 3 is 2.29 bits per heavy atom. The van der Waals surface area contributed by atoms with Crippen molar-refractivity contribution in [3.63, 3.8) is 0 Å². The SMILES string of the molecule is CCOC(=O)/C(C)=C\C(C)=C\c1nc([C@H](Cc2ccc(OCc3ccccc3)cc2)NC(=O)CC2CCCCC2)sc1-c1ccccc1. The van der Waals surface area contributed by atoms with Crippen molar-refractivity contribution in [2.75, 3.05) is 6.61 Å². The van der Waals surface area contributed by atoms with E-state index in [1.54, 1.807) is 25.2 Å². The summed E-state index contributed by atoms with van der Waals surface area (Å²) >= 11 is 1.60. The van der Waals surface area contributed by atoms with Crippen LogP contribution in [0.4, 0.5) is 0 Å². The molecule has 4 aromatic rings. The van der Waals surface area contributed by atoms with Crippen molar-refractivity contribution >= 4 is 29.3 Å². The molecule has 1 fully saturated rings. The molecule has 1 heterocycles. The maximum atomic E-state index is 13.5. The fourth-order valence-corrected chi connectivity index (χ4v) is 7.20. The highest BCUT2D eigenvalue weighted by Gasteiger charge is 2.24. The number of aromatic nitrogens is 1. The summed E-state index contributed by atoms with van der Waals surface area (Å²) in [6.45, 7) is 6.36. The molecule has 48 heavy (non-hydrogen) atoms. The van der Waals surface area contributed by atoms with Crippen molar-refractivity contribution in [3.8, 4) is 16.2 Å². The molecule has 1 aliphatic carbocycles. The van der Waals surface area contributed by atoms with Crippen molar-refractivity contribution in [2.24, 2.45) is 5.92 Å². The molecule has 5 rings (SSSR count). The van der Waals surface area contributed by atoms with Gasteiger partial charge >= 0.3 is 5.97 Å². The van der Waals surface area contributed by atoms with Gasteiger partial charge in [-0.05, 0) is 92.5 Å². The average molecular weight is 663 g/mol. The number of carbonyl (C=O) groups is 2. The van der Waals surface area contributed by atoms with E-state index in [1.807, 2.05) is 67.6 Å². The van der Waals surface area contributed by atoms with E-state index < -0.39 is 0 Å². The lowest BCUT2D eigenvalue weighted by atomic mass is 9.87. The Morgan fingerprint density at radius 1 is 0.917 bits per heavy atom. The second-order valence-corrected chi connectivity index (χ2v) is 13.5. The Kier molecular flexibility index (Phi) is 12.8. The number of nitrogens with zero attached hydrogens (tertiary/aromatic N) is 1. The van der Waals surface area contributed by atoms with Gasteiger partial charge in [0.25, 0.3) is 0 Å². The van der Waals surface area contributed by atoms with Crippen LogP contribution in [0, 0.1) is 5.92 Å². The van der Waals surface area contributed by atoms with Crippen LogP contribution in [0.3, 0.4) is 0 Å². The molecule has 0 saturated heterocycles. The lowest BCUT2D eigenvalue weighted by molar-refractivity contribution is -0.138. The van der Waals surface area contributed by atoms with Gasteiger partial charge in [0.15, 0.2) is 0 Å². The molecule has 3 aromatic carbocycles. The smallest absolute Gasteiger partial charge is 0.333 e. The molecule has 6 nitrogen and oxygen atoms in total. The third-order valence-electron chi connectivity index (χ3n) is 8.56. The minimum atomic E-state index is -0.329. The van der Waals surface area contributed by atoms with E-state index in [4.69, 9.17) is 14.5 Å². The Balaban J connectivity index is 1.43. The third kappa shape index (κ3) is 10.3. The van der Waals surface area contributed by atoms with E-state index in [-0.39, 0.29) is 17.9 Å². The maximum Gasteiger partial charge on any atom is 0.333 e. The van der Waals surface area contributed by atoms with Crippen LogP contribution >= 0.6 is 11.3 Å². The molecule has 0 radical (unpaired) electrons. The molecule has 0 unspecified atom stereocenters. The fraction of sp³-hybridized carbons (Fsp3) is 0.341. The zero-order valence-corrected chi connectivity index (χ0v) is 29.1. The second kappa shape index (κ2) is 17.6. The molecular weight excluding hydrogens is 617 g/mol. The summed E-state index contributed by atoms with van der Waals surface area (Å²) in [5.74, 6) is 0.986. The molecule has 0 bridgehead atoms. The van der Waals surface area contributed by atoms with Gasteiger partial charge in [-0.25, -0.2) is 9.78 Å². The minimum absolute atomic E-state index is 0.0763. The molecule has 0 spiro atoms. The van der Waals surface area contributed by atoms with E-state index >= 15 is 0 Å². The van der Waals surface area contributed by atoms with Gasteiger partial charge in [-0.3, -0.25) is 4.79 Å². The molecule has 1 saturated carbocycles. The average Bonchev–Trinajstić information content (AvgIpc) is 3.52. The number of nitrogens with one attached hydrogen (secondary N) is 1. The fourth-order valence-electron chi connectivity index (χ4n) is 6.10. The number of thiazole rings is 1. The highest BCUT2D eigenvalue weighted by Crippen LogP contribution is 2.36. The number of benzene rings is 3. The molecule has 1 N–H and O–H groups in total. The largest absolute Gasteiger partial charge is 0.489 e. The van der Waals surface area contributed by atoms with Crippen molar-refractivity contribution in [1.82, 2.24) is 10.3 Å². The predicted octanol–water partition coefficient (Wildman–Crippen LogP) is 9.67. The van der Waals surface area contributed by atoms with Gasteiger partial charge < -0.3 is 14.8 Å². The van der Waals surface area contributed by atoms with Crippen LogP contribution in [0.5, 0.6) is 5.75 Å². The topological polar surface area (TPSA) is 77.5 Å². The number of hydrogen-bond donors (Lipinski definition) is 1.